The predicted octanol–water partition coefficient (Wildman–Crippen LogP) is 15.3. The normalized spacial score (nSPS) is 15.6. The Morgan fingerprint density at radius 1 is 0.643 bits per heavy atom. The Labute approximate surface area is 408 Å². The molecule has 0 radical (unpaired) electrons. The average Bonchev–Trinajstić information content (AvgIpc) is 3.95. The van der Waals surface area contributed by atoms with E-state index < -0.39 is 8.07 Å². The fourth-order valence-corrected chi connectivity index (χ4v) is 12.8. The Morgan fingerprint density at radius 3 is 2.06 bits per heavy atom. The number of para-hydroxylation sites is 2. The van der Waals surface area contributed by atoms with Crippen molar-refractivity contribution in [1.29, 1.82) is 0 Å². The first-order valence-corrected chi connectivity index (χ1v) is 28.1. The van der Waals surface area contributed by atoms with E-state index in [9.17, 15) is 4.39 Å². The third-order valence-electron chi connectivity index (χ3n) is 15.1. The van der Waals surface area contributed by atoms with Gasteiger partial charge >= 0.3 is 5.82 Å². The van der Waals surface area contributed by atoms with Crippen molar-refractivity contribution in [3.63, 3.8) is 0 Å². The van der Waals surface area contributed by atoms with Gasteiger partial charge in [0.05, 0.1) is 14.5 Å². The van der Waals surface area contributed by atoms with E-state index in [1.807, 2.05) is 12.1 Å². The van der Waals surface area contributed by atoms with Crippen molar-refractivity contribution in [3.8, 4) is 61.7 Å². The summed E-state index contributed by atoms with van der Waals surface area (Å²) in [6.07, 6.45) is 4.88. The molecule has 3 aromatic heterocycles. The van der Waals surface area contributed by atoms with Crippen molar-refractivity contribution in [3.05, 3.63) is 224 Å². The van der Waals surface area contributed by atoms with E-state index in [2.05, 4.69) is 209 Å². The average molecular weight is 926 g/mol. The third kappa shape index (κ3) is 6.84. The van der Waals surface area contributed by atoms with Crippen LogP contribution < -0.4 is 14.3 Å². The van der Waals surface area contributed by atoms with E-state index in [4.69, 9.17) is 11.0 Å². The zero-order valence-corrected chi connectivity index (χ0v) is 40.7. The van der Waals surface area contributed by atoms with Crippen LogP contribution in [-0.4, -0.2) is 12.6 Å². The Balaban J connectivity index is 1.14. The number of aryl methyl sites for hydroxylation is 1. The number of allylic oxidation sites excluding steroid dienone is 1. The molecule has 2 aliphatic rings. The lowest BCUT2D eigenvalue weighted by atomic mass is 9.77. The van der Waals surface area contributed by atoms with Crippen LogP contribution in [0.25, 0.3) is 100 Å². The van der Waals surface area contributed by atoms with Gasteiger partial charge in [-0.3, -0.25) is 0 Å². The van der Waals surface area contributed by atoms with E-state index in [0.717, 1.165) is 103 Å². The molecule has 0 bridgehead atoms. The highest BCUT2D eigenvalue weighted by molar-refractivity contribution is 6.88. The first kappa shape index (κ1) is 42.2. The number of pyridine rings is 1. The lowest BCUT2D eigenvalue weighted by Crippen LogP contribution is -2.53. The molecule has 0 aliphatic carbocycles. The van der Waals surface area contributed by atoms with Gasteiger partial charge in [0.1, 0.15) is 28.3 Å². The Kier molecular flexibility index (Phi) is 9.86. The molecule has 0 amide bonds. The minimum Gasteiger partial charge on any atom is -0.455 e. The molecule has 11 aromatic rings. The lowest BCUT2D eigenvalue weighted by molar-refractivity contribution is -0.719. The number of furan rings is 1. The second-order valence-electron chi connectivity index (χ2n) is 20.3. The minimum atomic E-state index is -1.69. The van der Waals surface area contributed by atoms with Gasteiger partial charge < -0.3 is 4.42 Å². The number of aromatic nitrogens is 3. The van der Waals surface area contributed by atoms with Crippen LogP contribution in [0.1, 0.15) is 35.9 Å². The van der Waals surface area contributed by atoms with Gasteiger partial charge in [-0.1, -0.05) is 154 Å². The summed E-state index contributed by atoms with van der Waals surface area (Å²) in [7, 11) is -1.69. The number of hydrogen-bond donors (Lipinski definition) is 0. The van der Waals surface area contributed by atoms with Crippen LogP contribution in [0.15, 0.2) is 211 Å². The molecule has 0 saturated heterocycles. The first-order valence-electron chi connectivity index (χ1n) is 24.6. The molecule has 0 fully saturated rings. The van der Waals surface area contributed by atoms with Gasteiger partial charge in [0.25, 0.3) is 0 Å². The molecule has 70 heavy (non-hydrogen) atoms. The summed E-state index contributed by atoms with van der Waals surface area (Å²) in [5, 5.41) is 3.47. The fraction of sp³-hybridized carbons (Fsp3) is 0.125. The summed E-state index contributed by atoms with van der Waals surface area (Å²) in [5.41, 5.74) is 18.5. The van der Waals surface area contributed by atoms with Crippen molar-refractivity contribution in [2.75, 3.05) is 0 Å². The largest absolute Gasteiger partial charge is 0.455 e. The number of nitrogens with zero attached hydrogens (tertiary/aromatic N) is 3. The van der Waals surface area contributed by atoms with Crippen LogP contribution >= 0.6 is 0 Å². The molecule has 5 heterocycles. The molecule has 338 valence electrons. The summed E-state index contributed by atoms with van der Waals surface area (Å²) >= 11 is 0. The van der Waals surface area contributed by atoms with Crippen LogP contribution in [-0.2, 0) is 6.42 Å². The van der Waals surface area contributed by atoms with Gasteiger partial charge in [-0.05, 0) is 118 Å². The Morgan fingerprint density at radius 2 is 1.30 bits per heavy atom. The monoisotopic (exact) mass is 925 g/mol. The smallest absolute Gasteiger partial charge is 0.304 e. The van der Waals surface area contributed by atoms with Gasteiger partial charge in [0, 0.05) is 33.5 Å². The summed E-state index contributed by atoms with van der Waals surface area (Å²) in [6.45, 7) is 12.4. The highest BCUT2D eigenvalue weighted by Gasteiger charge is 2.44. The van der Waals surface area contributed by atoms with Crippen molar-refractivity contribution < 1.29 is 17.9 Å². The first-order chi connectivity index (χ1) is 34.2. The number of imidazole rings is 1. The lowest BCUT2D eigenvalue weighted by Gasteiger charge is -2.32. The zero-order chi connectivity index (χ0) is 47.3. The zero-order valence-electron chi connectivity index (χ0n) is 39.7. The molecular formula is C64H52FN3OSi+2. The third-order valence-corrected chi connectivity index (χ3v) is 17.1. The minimum absolute atomic E-state index is 0.103. The van der Waals surface area contributed by atoms with Crippen LogP contribution in [0.2, 0.25) is 19.6 Å². The molecule has 2 aliphatic heterocycles. The molecule has 13 rings (SSSR count). The van der Waals surface area contributed by atoms with E-state index in [0.29, 0.717) is 0 Å². The van der Waals surface area contributed by atoms with Crippen molar-refractivity contribution in [2.24, 2.45) is 0 Å². The van der Waals surface area contributed by atoms with Gasteiger partial charge in [0.15, 0.2) is 28.9 Å². The van der Waals surface area contributed by atoms with Crippen LogP contribution in [0.3, 0.4) is 0 Å². The highest BCUT2D eigenvalue weighted by atomic mass is 28.3. The molecular weight excluding hydrogens is 874 g/mol. The molecule has 6 heteroatoms. The molecule has 0 N–H and O–H groups in total. The van der Waals surface area contributed by atoms with E-state index >= 15 is 0 Å². The van der Waals surface area contributed by atoms with Gasteiger partial charge in [-0.15, -0.1) is 0 Å². The Bertz CT molecular complexity index is 3860. The topological polar surface area (TPSA) is 25.8 Å². The highest BCUT2D eigenvalue weighted by Crippen LogP contribution is 2.49. The number of rotatable bonds is 5. The standard InChI is InChI=1S/C64H52FN3OSi/c1-41-37-59-53(51-19-11-12-20-52(51)56-36-33-50(40-66(56)59)70(2,3)4)34-28-47-38-55(45-23-29-48(65)30-24-45)62-54-35-27-46(43-17-9-6-10-18-43)39-60(54)69-63(62)61(47)64-67(41)57-21-13-14-22-58(57)68(64)49-31-25-44(26-32-49)42-15-7-5-8-16-42/h5-27,29-33,35-36,38-40,53,59H,1,28,34,37H2,2-4H3/q+2. The maximum absolute atomic E-state index is 14.8. The van der Waals surface area contributed by atoms with Gasteiger partial charge in [-0.2, -0.15) is 13.7 Å². The van der Waals surface area contributed by atoms with Crippen LogP contribution in [0, 0.1) is 5.82 Å². The van der Waals surface area contributed by atoms with E-state index in [1.54, 1.807) is 12.1 Å². The van der Waals surface area contributed by atoms with Gasteiger partial charge in [0.2, 0.25) is 5.69 Å². The second-order valence-corrected chi connectivity index (χ2v) is 25.4. The summed E-state index contributed by atoms with van der Waals surface area (Å²) in [4.78, 5) is 0. The molecule has 0 saturated carbocycles. The predicted molar refractivity (Wildman–Crippen MR) is 288 cm³/mol. The number of benzene rings is 8. The number of halogens is 1. The molecule has 8 aromatic carbocycles. The maximum Gasteiger partial charge on any atom is 0.304 e. The van der Waals surface area contributed by atoms with Crippen molar-refractivity contribution >= 4 is 51.9 Å². The van der Waals surface area contributed by atoms with Crippen LogP contribution in [0.4, 0.5) is 4.39 Å². The summed E-state index contributed by atoms with van der Waals surface area (Å²) in [6, 6.07) is 68.7. The molecule has 0 spiro atoms. The number of hydrogen-bond acceptors (Lipinski definition) is 1. The number of fused-ring (bicyclic) bond motifs is 15. The van der Waals surface area contributed by atoms with Crippen molar-refractivity contribution in [2.45, 2.75) is 50.9 Å². The SMILES string of the molecule is C=C1CC2C(CCc3cc(-c4ccc(F)cc4)c4c(oc5cc(-c6ccccc6)ccc54)c3-c3n(-c4ccc(-c5ccccc5)cc4)c4ccccc4[n+]31)c1ccccc1-c1ccc([Si](C)(C)C)c[n+]12. The Hall–Kier alpha value is -7.93. The second kappa shape index (κ2) is 16.4. The van der Waals surface area contributed by atoms with Crippen molar-refractivity contribution in [1.82, 2.24) is 4.57 Å². The summed E-state index contributed by atoms with van der Waals surface area (Å²) < 4.78 is 29.8. The molecule has 4 nitrogen and oxygen atoms in total. The molecule has 2 atom stereocenters. The maximum atomic E-state index is 14.8. The van der Waals surface area contributed by atoms with E-state index in [1.165, 1.54) is 33.1 Å². The van der Waals surface area contributed by atoms with Gasteiger partial charge in [-0.25, -0.2) is 4.39 Å². The fourth-order valence-electron chi connectivity index (χ4n) is 11.7. The quantitative estimate of drug-likeness (QED) is 0.125. The van der Waals surface area contributed by atoms with Crippen LogP contribution in [0.5, 0.6) is 0 Å². The molecule has 2 unspecified atom stereocenters. The van der Waals surface area contributed by atoms with E-state index in [-0.39, 0.29) is 17.8 Å². The summed E-state index contributed by atoms with van der Waals surface area (Å²) in [5.74, 6) is 0.927.